The Morgan fingerprint density at radius 2 is 1.00 bits per heavy atom. The molecule has 0 aliphatic heterocycles. The van der Waals surface area contributed by atoms with Crippen LogP contribution in [0, 0.1) is 3.91 Å². The number of halogens is 4. The van der Waals surface area contributed by atoms with Crippen LogP contribution in [0.2, 0.25) is 0 Å². The van der Waals surface area contributed by atoms with Crippen molar-refractivity contribution in [3.63, 3.8) is 0 Å². The molecule has 0 heterocycles. The zero-order chi connectivity index (χ0) is 5.45. The molecule has 6 heavy (non-hydrogen) atoms. The third-order valence-electron chi connectivity index (χ3n) is 0. The van der Waals surface area contributed by atoms with Crippen molar-refractivity contribution in [3.8, 4) is 0 Å². The second-order valence-corrected chi connectivity index (χ2v) is 24.1. The number of hydrogen-bond donors (Lipinski definition) is 1. The van der Waals surface area contributed by atoms with Gasteiger partial charge in [-0.15, -0.1) is 0 Å². The van der Waals surface area contributed by atoms with Crippen LogP contribution in [0.15, 0.2) is 0 Å². The Balaban J connectivity index is 4.16. The van der Waals surface area contributed by atoms with Crippen LogP contribution in [0.1, 0.15) is 0 Å². The fraction of sp³-hybridized carbons (Fsp3) is 0. The van der Waals surface area contributed by atoms with E-state index in [2.05, 4.69) is 0 Å². The maximum absolute atomic E-state index is 6.55. The minimum atomic E-state index is -4.48. The van der Waals surface area contributed by atoms with Gasteiger partial charge in [0.15, 0.2) is 0 Å². The molecule has 0 amide bonds. The number of rotatable bonds is 0. The van der Waals surface area contributed by atoms with Crippen LogP contribution >= 0.6 is 37.7 Å². The predicted molar refractivity (Wildman–Crippen MR) is 26.1 cm³/mol. The van der Waals surface area contributed by atoms with Gasteiger partial charge in [-0.05, 0) is 0 Å². The Kier molecular flexibility index (Phi) is 1.99. The first-order chi connectivity index (χ1) is 2.24. The monoisotopic (exact) mass is 253 g/mol. The van der Waals surface area contributed by atoms with Crippen LogP contribution < -0.4 is 0 Å². The van der Waals surface area contributed by atoms with E-state index in [1.165, 1.54) is 0 Å². The van der Waals surface area contributed by atoms with Gasteiger partial charge in [0, 0.05) is 0 Å². The molecule has 0 aromatic rings. The molecule has 0 saturated carbocycles. The molecular formula is HCl4MoN. The van der Waals surface area contributed by atoms with Crippen LogP contribution in [0.25, 0.3) is 0 Å². The third kappa shape index (κ3) is 44.9. The standard InChI is InChI=1S/4ClH.Mo.HN/h4*1H;;1H/q;;;;+4;/p-4. The van der Waals surface area contributed by atoms with Crippen LogP contribution in [0.4, 0.5) is 0 Å². The summed E-state index contributed by atoms with van der Waals surface area (Å²) in [6, 6.07) is 0. The van der Waals surface area contributed by atoms with Gasteiger partial charge >= 0.3 is 52.0 Å². The molecule has 0 aromatic carbocycles. The molecule has 0 rings (SSSR count). The molecule has 6 heteroatoms. The summed E-state index contributed by atoms with van der Waals surface area (Å²) < 4.78 is 6.55. The van der Waals surface area contributed by atoms with Gasteiger partial charge in [0.2, 0.25) is 0 Å². The van der Waals surface area contributed by atoms with Gasteiger partial charge in [-0.3, -0.25) is 0 Å². The van der Waals surface area contributed by atoms with E-state index in [4.69, 9.17) is 41.6 Å². The first kappa shape index (κ1) is 7.65. The summed E-state index contributed by atoms with van der Waals surface area (Å²) in [5.74, 6) is 0. The Labute approximate surface area is 51.7 Å². The zero-order valence-corrected chi connectivity index (χ0v) is 7.45. The molecule has 0 unspecified atom stereocenters. The first-order valence-electron chi connectivity index (χ1n) is 0.821. The summed E-state index contributed by atoms with van der Waals surface area (Å²) in [6.07, 6.45) is 0. The molecule has 1 N–H and O–H groups in total. The molecule has 0 spiro atoms. The fourth-order valence-electron chi connectivity index (χ4n) is 0. The maximum atomic E-state index is 6.55. The van der Waals surface area contributed by atoms with E-state index in [1.807, 2.05) is 0 Å². The second kappa shape index (κ2) is 1.56. The third-order valence-corrected chi connectivity index (χ3v) is 0. The SMILES string of the molecule is [NH]=[Mo]([Cl])([Cl])([Cl])[Cl]. The molecule has 0 bridgehead atoms. The Morgan fingerprint density at radius 1 is 1.00 bits per heavy atom. The van der Waals surface area contributed by atoms with Gasteiger partial charge < -0.3 is 0 Å². The van der Waals surface area contributed by atoms with E-state index < -0.39 is 10.5 Å². The normalized spacial score (nSPS) is 19.0. The van der Waals surface area contributed by atoms with E-state index in [9.17, 15) is 0 Å². The molecule has 0 radical (unpaired) electrons. The minimum absolute atomic E-state index is 4.48. The summed E-state index contributed by atoms with van der Waals surface area (Å²) in [5.41, 5.74) is 0. The zero-order valence-electron chi connectivity index (χ0n) is 2.42. The van der Waals surface area contributed by atoms with Crippen molar-refractivity contribution in [1.82, 2.24) is 0 Å². The summed E-state index contributed by atoms with van der Waals surface area (Å²) in [6.45, 7) is 0. The van der Waals surface area contributed by atoms with Crippen molar-refractivity contribution < 1.29 is 10.5 Å². The van der Waals surface area contributed by atoms with Gasteiger partial charge in [-0.2, -0.15) is 0 Å². The molecule has 0 atom stereocenters. The summed E-state index contributed by atoms with van der Waals surface area (Å²) in [5, 5.41) is 0. The van der Waals surface area contributed by atoms with E-state index in [-0.39, 0.29) is 0 Å². The average molecular weight is 253 g/mol. The van der Waals surface area contributed by atoms with Crippen molar-refractivity contribution in [2.24, 2.45) is 0 Å². The molecule has 0 aromatic heterocycles. The Hall–Kier alpha value is 1.65. The van der Waals surface area contributed by atoms with Crippen LogP contribution in [-0.2, 0) is 10.5 Å². The summed E-state index contributed by atoms with van der Waals surface area (Å²) in [7, 11) is 15.3. The summed E-state index contributed by atoms with van der Waals surface area (Å²) >= 11 is 0. The second-order valence-electron chi connectivity index (χ2n) is 0.659. The molecule has 0 saturated heterocycles. The summed E-state index contributed by atoms with van der Waals surface area (Å²) in [4.78, 5) is 0. The van der Waals surface area contributed by atoms with Gasteiger partial charge in [0.05, 0.1) is 0 Å². The predicted octanol–water partition coefficient (Wildman–Crippen LogP) is 3.05. The topological polar surface area (TPSA) is 23.9 Å². The molecule has 0 aliphatic rings. The van der Waals surface area contributed by atoms with Crippen molar-refractivity contribution in [2.45, 2.75) is 0 Å². The van der Waals surface area contributed by atoms with Gasteiger partial charge in [0.1, 0.15) is 0 Å². The first-order valence-corrected chi connectivity index (χ1v) is 12.2. The van der Waals surface area contributed by atoms with Gasteiger partial charge in [0.25, 0.3) is 0 Å². The Bertz CT molecular complexity index is 85.2. The van der Waals surface area contributed by atoms with Crippen molar-refractivity contribution in [2.75, 3.05) is 0 Å². The molecule has 40 valence electrons. The quantitative estimate of drug-likeness (QED) is 0.641. The van der Waals surface area contributed by atoms with Crippen LogP contribution in [-0.4, -0.2) is 0 Å². The number of hydrogen-bond acceptors (Lipinski definition) is 1. The van der Waals surface area contributed by atoms with E-state index in [0.29, 0.717) is 0 Å². The number of nitrogens with one attached hydrogen (secondary N) is 1. The molecule has 0 aliphatic carbocycles. The van der Waals surface area contributed by atoms with Crippen molar-refractivity contribution in [3.05, 3.63) is 0 Å². The molecule has 1 nitrogen and oxygen atoms in total. The van der Waals surface area contributed by atoms with Gasteiger partial charge in [-0.25, -0.2) is 0 Å². The van der Waals surface area contributed by atoms with E-state index >= 15 is 0 Å². The molecule has 0 fully saturated rings. The molecular weight excluding hydrogens is 252 g/mol. The fourth-order valence-corrected chi connectivity index (χ4v) is 0. The Morgan fingerprint density at radius 3 is 1.00 bits per heavy atom. The van der Waals surface area contributed by atoms with Crippen LogP contribution in [0.3, 0.4) is 0 Å². The van der Waals surface area contributed by atoms with Crippen molar-refractivity contribution in [1.29, 1.82) is 3.91 Å². The van der Waals surface area contributed by atoms with Crippen LogP contribution in [0.5, 0.6) is 0 Å². The van der Waals surface area contributed by atoms with E-state index in [1.54, 1.807) is 0 Å². The van der Waals surface area contributed by atoms with Crippen molar-refractivity contribution >= 4 is 37.7 Å². The average Bonchev–Trinajstić information content (AvgIpc) is 0.650. The van der Waals surface area contributed by atoms with E-state index in [0.717, 1.165) is 0 Å². The van der Waals surface area contributed by atoms with Gasteiger partial charge in [-0.1, -0.05) is 0 Å².